The number of urea groups is 1. The summed E-state index contributed by atoms with van der Waals surface area (Å²) in [7, 11) is 1.95. The Morgan fingerprint density at radius 3 is 2.96 bits per heavy atom. The Hall–Kier alpha value is -2.87. The number of hydrogen-bond acceptors (Lipinski definition) is 4. The lowest BCUT2D eigenvalue weighted by molar-refractivity contribution is -0.127. The molecule has 1 unspecified atom stereocenters. The zero-order valence-electron chi connectivity index (χ0n) is 14.7. The number of allylic oxidation sites excluding steroid dienone is 1. The molecule has 7 nitrogen and oxygen atoms in total. The molecule has 1 atom stereocenters. The van der Waals surface area contributed by atoms with Gasteiger partial charge in [-0.05, 0) is 23.1 Å². The number of aromatic nitrogens is 1. The SMILES string of the molecule is Cn1cc(CC(=O)NCCN2C(=O)N=C3C=CSC3C2=O)c2ccccc21. The molecule has 4 amide bonds. The minimum atomic E-state index is -0.568. The first-order valence-electron chi connectivity index (χ1n) is 8.60. The zero-order valence-corrected chi connectivity index (χ0v) is 15.5. The van der Waals surface area contributed by atoms with Gasteiger partial charge in [0.25, 0.3) is 0 Å². The fourth-order valence-corrected chi connectivity index (χ4v) is 4.24. The van der Waals surface area contributed by atoms with Gasteiger partial charge in [0.1, 0.15) is 5.25 Å². The van der Waals surface area contributed by atoms with Crippen molar-refractivity contribution in [2.24, 2.45) is 12.0 Å². The van der Waals surface area contributed by atoms with Crippen LogP contribution in [0.25, 0.3) is 10.9 Å². The number of aliphatic imine (C=N–C) groups is 1. The molecule has 0 spiro atoms. The number of fused-ring (bicyclic) bond motifs is 2. The van der Waals surface area contributed by atoms with Crippen molar-refractivity contribution >= 4 is 46.2 Å². The molecule has 4 rings (SSSR count). The van der Waals surface area contributed by atoms with Crippen LogP contribution in [-0.4, -0.2) is 51.4 Å². The monoisotopic (exact) mass is 382 g/mol. The Morgan fingerprint density at radius 1 is 1.30 bits per heavy atom. The van der Waals surface area contributed by atoms with Crippen LogP contribution in [0.15, 0.2) is 46.9 Å². The lowest BCUT2D eigenvalue weighted by Crippen LogP contribution is -2.49. The van der Waals surface area contributed by atoms with Crippen LogP contribution in [0.3, 0.4) is 0 Å². The second kappa shape index (κ2) is 7.03. The number of rotatable bonds is 5. The number of hydrogen-bond donors (Lipinski definition) is 1. The van der Waals surface area contributed by atoms with E-state index in [2.05, 4.69) is 10.3 Å². The van der Waals surface area contributed by atoms with Crippen LogP contribution in [0.1, 0.15) is 5.56 Å². The molecule has 1 aromatic heterocycles. The van der Waals surface area contributed by atoms with Crippen molar-refractivity contribution < 1.29 is 14.4 Å². The Balaban J connectivity index is 1.35. The number of carbonyl (C=O) groups is 3. The summed E-state index contributed by atoms with van der Waals surface area (Å²) >= 11 is 1.34. The van der Waals surface area contributed by atoms with E-state index in [0.29, 0.717) is 5.71 Å². The Labute approximate surface area is 160 Å². The fourth-order valence-electron chi connectivity index (χ4n) is 3.35. The van der Waals surface area contributed by atoms with Gasteiger partial charge in [-0.15, -0.1) is 11.8 Å². The van der Waals surface area contributed by atoms with Crippen molar-refractivity contribution in [2.45, 2.75) is 11.7 Å². The molecule has 1 aromatic carbocycles. The number of thioether (sulfide) groups is 1. The zero-order chi connectivity index (χ0) is 19.0. The van der Waals surface area contributed by atoms with Gasteiger partial charge in [-0.1, -0.05) is 18.2 Å². The van der Waals surface area contributed by atoms with Crippen molar-refractivity contribution in [2.75, 3.05) is 13.1 Å². The minimum Gasteiger partial charge on any atom is -0.354 e. The van der Waals surface area contributed by atoms with Gasteiger partial charge in [-0.25, -0.2) is 4.79 Å². The topological polar surface area (TPSA) is 83.8 Å². The molecule has 0 saturated carbocycles. The summed E-state index contributed by atoms with van der Waals surface area (Å²) in [6, 6.07) is 7.34. The van der Waals surface area contributed by atoms with Gasteiger partial charge in [0.2, 0.25) is 11.8 Å². The van der Waals surface area contributed by atoms with Gasteiger partial charge in [0.15, 0.2) is 0 Å². The highest BCUT2D eigenvalue weighted by Gasteiger charge is 2.38. The molecule has 8 heteroatoms. The summed E-state index contributed by atoms with van der Waals surface area (Å²) in [4.78, 5) is 41.7. The molecule has 0 fully saturated rings. The number of nitrogens with one attached hydrogen (secondary N) is 1. The Morgan fingerprint density at radius 2 is 2.11 bits per heavy atom. The van der Waals surface area contributed by atoms with E-state index in [1.165, 1.54) is 11.8 Å². The highest BCUT2D eigenvalue weighted by atomic mass is 32.2. The quantitative estimate of drug-likeness (QED) is 0.856. The lowest BCUT2D eigenvalue weighted by atomic mass is 10.1. The third-order valence-corrected chi connectivity index (χ3v) is 5.66. The smallest absolute Gasteiger partial charge is 0.350 e. The third-order valence-electron chi connectivity index (χ3n) is 4.66. The summed E-state index contributed by atoms with van der Waals surface area (Å²) < 4.78 is 1.99. The first-order valence-corrected chi connectivity index (χ1v) is 9.54. The highest BCUT2D eigenvalue weighted by Crippen LogP contribution is 2.27. The summed E-state index contributed by atoms with van der Waals surface area (Å²) in [6.45, 7) is 0.323. The predicted octanol–water partition coefficient (Wildman–Crippen LogP) is 1.87. The molecular weight excluding hydrogens is 364 g/mol. The van der Waals surface area contributed by atoms with Crippen molar-refractivity contribution in [1.82, 2.24) is 14.8 Å². The Kier molecular flexibility index (Phi) is 4.57. The van der Waals surface area contributed by atoms with E-state index in [0.717, 1.165) is 21.4 Å². The maximum atomic E-state index is 12.4. The molecule has 1 N–H and O–H groups in total. The lowest BCUT2D eigenvalue weighted by Gasteiger charge is -2.25. The van der Waals surface area contributed by atoms with Crippen LogP contribution in [0, 0.1) is 0 Å². The van der Waals surface area contributed by atoms with E-state index in [4.69, 9.17) is 0 Å². The van der Waals surface area contributed by atoms with E-state index >= 15 is 0 Å². The largest absolute Gasteiger partial charge is 0.354 e. The molecule has 138 valence electrons. The van der Waals surface area contributed by atoms with Crippen LogP contribution in [0.2, 0.25) is 0 Å². The maximum absolute atomic E-state index is 12.4. The van der Waals surface area contributed by atoms with Crippen molar-refractivity contribution in [3.63, 3.8) is 0 Å². The van der Waals surface area contributed by atoms with E-state index in [1.54, 1.807) is 11.5 Å². The van der Waals surface area contributed by atoms with Gasteiger partial charge in [0.05, 0.1) is 12.1 Å². The molecule has 0 saturated heterocycles. The first-order chi connectivity index (χ1) is 13.0. The first kappa shape index (κ1) is 17.5. The van der Waals surface area contributed by atoms with E-state index in [-0.39, 0.29) is 31.3 Å². The number of benzene rings is 1. The summed E-state index contributed by atoms with van der Waals surface area (Å²) in [5.74, 6) is -0.423. The predicted molar refractivity (Wildman–Crippen MR) is 105 cm³/mol. The van der Waals surface area contributed by atoms with E-state index in [1.807, 2.05) is 42.1 Å². The third kappa shape index (κ3) is 3.28. The van der Waals surface area contributed by atoms with Crippen molar-refractivity contribution in [3.8, 4) is 0 Å². The Bertz CT molecular complexity index is 1010. The highest BCUT2D eigenvalue weighted by molar-refractivity contribution is 8.04. The molecular formula is C19H18N4O3S. The average Bonchev–Trinajstić information content (AvgIpc) is 3.23. The number of carbonyl (C=O) groups excluding carboxylic acids is 3. The molecule has 2 aliphatic rings. The number of nitrogens with zero attached hydrogens (tertiary/aromatic N) is 3. The van der Waals surface area contributed by atoms with Gasteiger partial charge in [-0.3, -0.25) is 14.5 Å². The molecule has 27 heavy (non-hydrogen) atoms. The van der Waals surface area contributed by atoms with Gasteiger partial charge >= 0.3 is 6.03 Å². The van der Waals surface area contributed by atoms with E-state index < -0.39 is 11.3 Å². The maximum Gasteiger partial charge on any atom is 0.350 e. The molecule has 0 radical (unpaired) electrons. The standard InChI is InChI=1S/C19H18N4O3S/c1-22-11-12(13-4-2-3-5-15(13)22)10-16(24)20-7-8-23-18(25)17-14(6-9-27-17)21-19(23)26/h2-6,9,11,17H,7-8,10H2,1H3,(H,20,24). The van der Waals surface area contributed by atoms with Crippen LogP contribution >= 0.6 is 11.8 Å². The number of para-hydroxylation sites is 1. The van der Waals surface area contributed by atoms with Gasteiger partial charge in [-0.2, -0.15) is 4.99 Å². The van der Waals surface area contributed by atoms with E-state index in [9.17, 15) is 14.4 Å². The molecule has 2 aromatic rings. The normalized spacial score (nSPS) is 18.8. The summed E-state index contributed by atoms with van der Waals surface area (Å²) in [6.07, 6.45) is 3.88. The second-order valence-corrected chi connectivity index (χ2v) is 7.45. The average molecular weight is 382 g/mol. The molecule has 0 bridgehead atoms. The van der Waals surface area contributed by atoms with Crippen LogP contribution < -0.4 is 5.32 Å². The number of aryl methyl sites for hydroxylation is 1. The van der Waals surface area contributed by atoms with Gasteiger partial charge < -0.3 is 9.88 Å². The summed E-state index contributed by atoms with van der Waals surface area (Å²) in [5, 5.41) is 5.17. The van der Waals surface area contributed by atoms with Crippen molar-refractivity contribution in [3.05, 3.63) is 47.5 Å². The summed E-state index contributed by atoms with van der Waals surface area (Å²) in [5.41, 5.74) is 2.52. The van der Waals surface area contributed by atoms with Crippen LogP contribution in [-0.2, 0) is 23.1 Å². The van der Waals surface area contributed by atoms with Crippen LogP contribution in [0.4, 0.5) is 4.79 Å². The fraction of sp³-hybridized carbons (Fsp3) is 0.263. The molecule has 3 heterocycles. The minimum absolute atomic E-state index is 0.118. The molecule has 2 aliphatic heterocycles. The number of imide groups is 1. The second-order valence-electron chi connectivity index (χ2n) is 6.44. The van der Waals surface area contributed by atoms with Crippen LogP contribution in [0.5, 0.6) is 0 Å². The molecule has 0 aliphatic carbocycles. The van der Waals surface area contributed by atoms with Gasteiger partial charge in [0, 0.05) is 37.2 Å². The number of amides is 4. The van der Waals surface area contributed by atoms with Crippen molar-refractivity contribution in [1.29, 1.82) is 0 Å².